The number of aromatic nitrogens is 1. The van der Waals surface area contributed by atoms with Crippen LogP contribution in [0.4, 0.5) is 5.69 Å². The Kier molecular flexibility index (Phi) is 7.01. The molecule has 0 saturated carbocycles. The van der Waals surface area contributed by atoms with Crippen LogP contribution < -0.4 is 10.9 Å². The molecule has 0 aliphatic rings. The second kappa shape index (κ2) is 9.23. The van der Waals surface area contributed by atoms with Crippen LogP contribution in [0.5, 0.6) is 0 Å². The van der Waals surface area contributed by atoms with E-state index < -0.39 is 0 Å². The molecule has 0 spiro atoms. The average Bonchev–Trinajstić information content (AvgIpc) is 2.66. The zero-order valence-electron chi connectivity index (χ0n) is 15.3. The molecule has 2 aromatic rings. The van der Waals surface area contributed by atoms with E-state index in [4.69, 9.17) is 0 Å². The van der Waals surface area contributed by atoms with Gasteiger partial charge >= 0.3 is 0 Å². The van der Waals surface area contributed by atoms with Crippen molar-refractivity contribution in [1.82, 2.24) is 4.57 Å². The Balaban J connectivity index is 2.56. The van der Waals surface area contributed by atoms with Crippen molar-refractivity contribution in [2.24, 2.45) is 4.99 Å². The van der Waals surface area contributed by atoms with Gasteiger partial charge in [-0.05, 0) is 46.6 Å². The maximum atomic E-state index is 12.6. The topological polar surface area (TPSA) is 46.4 Å². The Hall–Kier alpha value is -2.80. The number of hydrogen-bond donors (Lipinski definition) is 1. The summed E-state index contributed by atoms with van der Waals surface area (Å²) < 4.78 is 6.52. The largest absolute Gasteiger partial charge is 0.339 e. The van der Waals surface area contributed by atoms with Gasteiger partial charge in [-0.1, -0.05) is 63.2 Å². The first-order chi connectivity index (χ1) is 12.9. The van der Waals surface area contributed by atoms with Crippen LogP contribution in [0.1, 0.15) is 11.1 Å². The highest BCUT2D eigenvalue weighted by molar-refractivity contribution is 14.2. The first-order valence-corrected chi connectivity index (χ1v) is 10.7. The summed E-state index contributed by atoms with van der Waals surface area (Å²) in [5, 5.41) is 3.06. The molecule has 2 rings (SSSR count). The van der Waals surface area contributed by atoms with Crippen molar-refractivity contribution in [3.05, 3.63) is 99.3 Å². The van der Waals surface area contributed by atoms with E-state index in [9.17, 15) is 4.79 Å². The van der Waals surface area contributed by atoms with Crippen molar-refractivity contribution in [2.75, 3.05) is 5.32 Å². The highest BCUT2D eigenvalue weighted by Crippen LogP contribution is 2.24. The summed E-state index contributed by atoms with van der Waals surface area (Å²) in [5.41, 5.74) is 3.83. The molecule has 0 aliphatic heterocycles. The number of hydrogen-bond acceptors (Lipinski definition) is 3. The molecule has 0 saturated heterocycles. The van der Waals surface area contributed by atoms with Crippen molar-refractivity contribution >= 4 is 43.2 Å². The fraction of sp³-hybridized carbons (Fsp3) is 0.0455. The van der Waals surface area contributed by atoms with Gasteiger partial charge in [-0.2, -0.15) is 0 Å². The minimum atomic E-state index is -0.287. The van der Waals surface area contributed by atoms with Crippen LogP contribution >= 0.6 is 20.7 Å². The van der Waals surface area contributed by atoms with Crippen LogP contribution in [0.3, 0.4) is 0 Å². The highest BCUT2D eigenvalue weighted by Gasteiger charge is 2.10. The van der Waals surface area contributed by atoms with Crippen LogP contribution in [0.25, 0.3) is 11.3 Å². The number of aliphatic imine (C=N–C) groups is 1. The second-order valence-electron chi connectivity index (χ2n) is 5.76. The number of anilines is 1. The zero-order valence-corrected chi connectivity index (χ0v) is 17.5. The van der Waals surface area contributed by atoms with Gasteiger partial charge in [-0.25, -0.2) is 4.99 Å². The van der Waals surface area contributed by atoms with Crippen molar-refractivity contribution in [1.29, 1.82) is 0 Å². The van der Waals surface area contributed by atoms with Gasteiger partial charge in [0.05, 0.1) is 11.4 Å². The molecular weight excluding hydrogens is 449 g/mol. The molecule has 0 unspecified atom stereocenters. The summed E-state index contributed by atoms with van der Waals surface area (Å²) in [5.74, 6) is 0.408. The van der Waals surface area contributed by atoms with Gasteiger partial charge in [-0.3, -0.25) is 9.36 Å². The van der Waals surface area contributed by atoms with Crippen molar-refractivity contribution < 1.29 is 0 Å². The standard InChI is InChI=1S/C22H22IN3O/c1-15(11-12-17(3)23-5)19-14-26(22(27)13-16(19)2)21-10-8-7-9-20(21)25-18(4)24-6/h7-14,25H,1,3-6H2,2H3/b12-11-. The molecule has 1 aromatic heterocycles. The number of allylic oxidation sites excluding steroid dienone is 4. The number of halogens is 1. The molecule has 27 heavy (non-hydrogen) atoms. The molecule has 138 valence electrons. The van der Waals surface area contributed by atoms with Crippen molar-refractivity contribution in [2.45, 2.75) is 6.92 Å². The van der Waals surface area contributed by atoms with Crippen LogP contribution in [-0.4, -0.2) is 15.8 Å². The van der Waals surface area contributed by atoms with E-state index in [-0.39, 0.29) is 26.3 Å². The van der Waals surface area contributed by atoms with E-state index in [1.165, 1.54) is 0 Å². The maximum Gasteiger partial charge on any atom is 0.255 e. The number of nitrogens with zero attached hydrogens (tertiary/aromatic N) is 2. The van der Waals surface area contributed by atoms with Crippen LogP contribution in [0.2, 0.25) is 0 Å². The summed E-state index contributed by atoms with van der Waals surface area (Å²) in [7, 11) is 0. The second-order valence-corrected chi connectivity index (χ2v) is 7.91. The molecule has 1 heterocycles. The molecule has 0 aliphatic carbocycles. The van der Waals surface area contributed by atoms with Gasteiger partial charge in [-0.15, -0.1) is 0 Å². The fourth-order valence-electron chi connectivity index (χ4n) is 2.46. The lowest BCUT2D eigenvalue weighted by molar-refractivity contribution is 0.977. The number of nitrogens with one attached hydrogen (secondary N) is 1. The Morgan fingerprint density at radius 2 is 1.93 bits per heavy atom. The molecular formula is C22H22IN3O. The smallest absolute Gasteiger partial charge is 0.255 e. The molecule has 0 radical (unpaired) electrons. The average molecular weight is 471 g/mol. The van der Waals surface area contributed by atoms with Gasteiger partial charge in [0.25, 0.3) is 5.56 Å². The third kappa shape index (κ3) is 5.10. The molecule has 1 aromatic carbocycles. The van der Waals surface area contributed by atoms with Crippen LogP contribution in [0, 0.1) is 6.92 Å². The third-order valence-corrected chi connectivity index (χ3v) is 5.22. The first-order valence-electron chi connectivity index (χ1n) is 8.07. The van der Waals surface area contributed by atoms with Gasteiger partial charge < -0.3 is 5.32 Å². The van der Waals surface area contributed by atoms with Gasteiger partial charge in [0.15, 0.2) is 0 Å². The number of pyridine rings is 1. The van der Waals surface area contributed by atoms with Crippen LogP contribution in [0.15, 0.2) is 87.6 Å². The maximum absolute atomic E-state index is 12.6. The number of benzene rings is 1. The Morgan fingerprint density at radius 3 is 2.59 bits per heavy atom. The lowest BCUT2D eigenvalue weighted by Crippen LogP contribution is -2.19. The Bertz CT molecular complexity index is 1030. The predicted octanol–water partition coefficient (Wildman–Crippen LogP) is 5.22. The number of rotatable bonds is 8. The fourth-order valence-corrected chi connectivity index (χ4v) is 2.90. The number of aryl methyl sites for hydroxylation is 1. The third-order valence-electron chi connectivity index (χ3n) is 3.88. The van der Waals surface area contributed by atoms with Crippen molar-refractivity contribution in [3.63, 3.8) is 0 Å². The van der Waals surface area contributed by atoms with E-state index >= 15 is 0 Å². The summed E-state index contributed by atoms with van der Waals surface area (Å²) in [4.78, 5) is 16.4. The monoisotopic (exact) mass is 471 g/mol. The van der Waals surface area contributed by atoms with E-state index in [1.54, 1.807) is 16.8 Å². The summed E-state index contributed by atoms with van der Waals surface area (Å²) in [6, 6.07) is 9.06. The van der Waals surface area contributed by atoms with Gasteiger partial charge in [0.2, 0.25) is 0 Å². The SMILES string of the molecule is C=NC(=C)Nc1ccccc1-n1cc(C(=C)/C=C\C(=C)I=C)c(C)cc1=O. The molecule has 1 N–H and O–H groups in total. The van der Waals surface area contributed by atoms with E-state index in [2.05, 4.69) is 41.3 Å². The normalized spacial score (nSPS) is 10.6. The summed E-state index contributed by atoms with van der Waals surface area (Å²) >= 11 is -0.287. The van der Waals surface area contributed by atoms with Crippen LogP contribution in [-0.2, 0) is 0 Å². The number of para-hydroxylation sites is 2. The predicted molar refractivity (Wildman–Crippen MR) is 128 cm³/mol. The molecule has 4 nitrogen and oxygen atoms in total. The minimum absolute atomic E-state index is 0.132. The Labute approximate surface area is 169 Å². The van der Waals surface area contributed by atoms with Gasteiger partial charge in [0.1, 0.15) is 5.82 Å². The lowest BCUT2D eigenvalue weighted by Gasteiger charge is -2.16. The molecule has 0 bridgehead atoms. The molecule has 0 fully saturated rings. The van der Waals surface area contributed by atoms with E-state index in [1.807, 2.05) is 43.3 Å². The minimum Gasteiger partial charge on any atom is -0.339 e. The zero-order chi connectivity index (χ0) is 20.0. The van der Waals surface area contributed by atoms with Gasteiger partial charge in [0, 0.05) is 17.8 Å². The van der Waals surface area contributed by atoms with E-state index in [0.717, 1.165) is 20.3 Å². The lowest BCUT2D eigenvalue weighted by atomic mass is 10.0. The molecule has 0 atom stereocenters. The molecule has 5 heteroatoms. The summed E-state index contributed by atoms with van der Waals surface area (Å²) in [6.45, 7) is 17.2. The Morgan fingerprint density at radius 1 is 1.22 bits per heavy atom. The highest BCUT2D eigenvalue weighted by atomic mass is 127. The van der Waals surface area contributed by atoms with Crippen molar-refractivity contribution in [3.8, 4) is 5.69 Å². The summed E-state index contributed by atoms with van der Waals surface area (Å²) in [6.07, 6.45) is 5.65. The quantitative estimate of drug-likeness (QED) is 0.326. The van der Waals surface area contributed by atoms with E-state index in [0.29, 0.717) is 17.2 Å². The molecule has 0 amide bonds. The first kappa shape index (κ1) is 20.5.